The van der Waals surface area contributed by atoms with Gasteiger partial charge in [-0.1, -0.05) is 24.1 Å². The molecule has 0 spiro atoms. The van der Waals surface area contributed by atoms with Crippen LogP contribution in [0.3, 0.4) is 0 Å². The predicted molar refractivity (Wildman–Crippen MR) is 73.6 cm³/mol. The van der Waals surface area contributed by atoms with E-state index in [1.165, 1.54) is 31.2 Å². The van der Waals surface area contributed by atoms with E-state index in [1.807, 2.05) is 6.07 Å². The highest BCUT2D eigenvalue weighted by Gasteiger charge is 2.39. The lowest BCUT2D eigenvalue weighted by Gasteiger charge is -2.22. The Morgan fingerprint density at radius 2 is 2.18 bits per heavy atom. The van der Waals surface area contributed by atoms with Crippen LogP contribution in [-0.4, -0.2) is 6.54 Å². The molecule has 1 aromatic rings. The predicted octanol–water partition coefficient (Wildman–Crippen LogP) is 4.50. The molecular weight excluding hydrogens is 230 g/mol. The van der Waals surface area contributed by atoms with Crippen molar-refractivity contribution >= 4 is 17.3 Å². The van der Waals surface area contributed by atoms with Crippen LogP contribution >= 0.6 is 11.6 Å². The molecule has 2 bridgehead atoms. The molecule has 0 saturated heterocycles. The summed E-state index contributed by atoms with van der Waals surface area (Å²) in [6.45, 7) is 3.21. The highest BCUT2D eigenvalue weighted by Crippen LogP contribution is 2.48. The number of hydrogen-bond acceptors (Lipinski definition) is 1. The summed E-state index contributed by atoms with van der Waals surface area (Å²) >= 11 is 6.20. The van der Waals surface area contributed by atoms with Gasteiger partial charge in [0.25, 0.3) is 0 Å². The van der Waals surface area contributed by atoms with Gasteiger partial charge in [0.1, 0.15) is 0 Å². The number of hydrogen-bond donors (Lipinski definition) is 1. The van der Waals surface area contributed by atoms with Crippen LogP contribution in [0.1, 0.15) is 31.2 Å². The first kappa shape index (κ1) is 11.4. The Morgan fingerprint density at radius 1 is 1.29 bits per heavy atom. The van der Waals surface area contributed by atoms with E-state index in [1.54, 1.807) is 0 Å². The quantitative estimate of drug-likeness (QED) is 0.832. The van der Waals surface area contributed by atoms with E-state index in [0.29, 0.717) is 0 Å². The Morgan fingerprint density at radius 3 is 2.88 bits per heavy atom. The van der Waals surface area contributed by atoms with E-state index in [9.17, 15) is 0 Å². The summed E-state index contributed by atoms with van der Waals surface area (Å²) in [5.41, 5.74) is 2.37. The van der Waals surface area contributed by atoms with E-state index in [0.717, 1.165) is 35.0 Å². The van der Waals surface area contributed by atoms with Crippen molar-refractivity contribution < 1.29 is 0 Å². The number of halogens is 1. The molecule has 0 aliphatic heterocycles. The number of rotatable bonds is 3. The molecule has 2 saturated carbocycles. The molecule has 3 unspecified atom stereocenters. The minimum atomic E-state index is 0.846. The molecule has 0 aromatic heterocycles. The lowest BCUT2D eigenvalue weighted by molar-refractivity contribution is 0.348. The van der Waals surface area contributed by atoms with Crippen molar-refractivity contribution in [2.24, 2.45) is 17.8 Å². The van der Waals surface area contributed by atoms with E-state index in [4.69, 9.17) is 11.6 Å². The second kappa shape index (κ2) is 4.53. The molecule has 2 aliphatic rings. The summed E-state index contributed by atoms with van der Waals surface area (Å²) < 4.78 is 0. The summed E-state index contributed by atoms with van der Waals surface area (Å²) in [5.74, 6) is 2.89. The van der Waals surface area contributed by atoms with Crippen molar-refractivity contribution in [3.05, 3.63) is 28.8 Å². The molecule has 92 valence electrons. The van der Waals surface area contributed by atoms with Crippen LogP contribution in [0.2, 0.25) is 5.02 Å². The van der Waals surface area contributed by atoms with Gasteiger partial charge in [0.2, 0.25) is 0 Å². The fourth-order valence-electron chi connectivity index (χ4n) is 3.64. The first-order valence-corrected chi connectivity index (χ1v) is 7.10. The summed E-state index contributed by atoms with van der Waals surface area (Å²) in [4.78, 5) is 0. The van der Waals surface area contributed by atoms with Crippen molar-refractivity contribution in [2.75, 3.05) is 11.9 Å². The first-order valence-electron chi connectivity index (χ1n) is 6.72. The minimum Gasteiger partial charge on any atom is -0.384 e. The van der Waals surface area contributed by atoms with Crippen LogP contribution in [0, 0.1) is 24.7 Å². The second-order valence-electron chi connectivity index (χ2n) is 5.80. The number of aryl methyl sites for hydroxylation is 1. The SMILES string of the molecule is Cc1ccc(Cl)c(NCC2CC3CCC2C3)c1. The normalized spacial score (nSPS) is 30.8. The summed E-state index contributed by atoms with van der Waals surface area (Å²) in [7, 11) is 0. The second-order valence-corrected chi connectivity index (χ2v) is 6.21. The lowest BCUT2D eigenvalue weighted by Crippen LogP contribution is -2.20. The van der Waals surface area contributed by atoms with Crippen molar-refractivity contribution in [3.63, 3.8) is 0 Å². The Kier molecular flexibility index (Phi) is 3.04. The van der Waals surface area contributed by atoms with Gasteiger partial charge >= 0.3 is 0 Å². The van der Waals surface area contributed by atoms with Gasteiger partial charge in [0.05, 0.1) is 10.7 Å². The molecule has 3 rings (SSSR count). The van der Waals surface area contributed by atoms with Gasteiger partial charge in [-0.3, -0.25) is 0 Å². The van der Waals surface area contributed by atoms with Gasteiger partial charge in [-0.25, -0.2) is 0 Å². The molecule has 2 heteroatoms. The van der Waals surface area contributed by atoms with Crippen LogP contribution < -0.4 is 5.32 Å². The van der Waals surface area contributed by atoms with Crippen LogP contribution in [0.25, 0.3) is 0 Å². The van der Waals surface area contributed by atoms with Crippen molar-refractivity contribution in [2.45, 2.75) is 32.6 Å². The summed E-state index contributed by atoms with van der Waals surface area (Å²) in [5, 5.41) is 4.39. The molecule has 17 heavy (non-hydrogen) atoms. The zero-order chi connectivity index (χ0) is 11.8. The van der Waals surface area contributed by atoms with Crippen LogP contribution in [0.15, 0.2) is 18.2 Å². The maximum absolute atomic E-state index is 6.20. The standard InChI is InChI=1S/C15H20ClN/c1-10-2-5-14(16)15(6-10)17-9-13-8-11-3-4-12(13)7-11/h2,5-6,11-13,17H,3-4,7-9H2,1H3. The lowest BCUT2D eigenvalue weighted by atomic mass is 9.89. The third-order valence-electron chi connectivity index (χ3n) is 4.56. The van der Waals surface area contributed by atoms with E-state index >= 15 is 0 Å². The van der Waals surface area contributed by atoms with E-state index in [-0.39, 0.29) is 0 Å². The Hall–Kier alpha value is -0.690. The number of nitrogens with one attached hydrogen (secondary N) is 1. The number of anilines is 1. The van der Waals surface area contributed by atoms with Crippen molar-refractivity contribution in [3.8, 4) is 0 Å². The molecule has 1 N–H and O–H groups in total. The average Bonchev–Trinajstić information content (AvgIpc) is 2.92. The summed E-state index contributed by atoms with van der Waals surface area (Å²) in [6.07, 6.45) is 5.85. The number of fused-ring (bicyclic) bond motifs is 2. The molecule has 1 nitrogen and oxygen atoms in total. The fourth-order valence-corrected chi connectivity index (χ4v) is 3.83. The molecule has 0 radical (unpaired) electrons. The van der Waals surface area contributed by atoms with Crippen LogP contribution in [0.5, 0.6) is 0 Å². The van der Waals surface area contributed by atoms with Gasteiger partial charge in [-0.2, -0.15) is 0 Å². The maximum Gasteiger partial charge on any atom is 0.0637 e. The minimum absolute atomic E-state index is 0.846. The fraction of sp³-hybridized carbons (Fsp3) is 0.600. The zero-order valence-electron chi connectivity index (χ0n) is 10.4. The molecule has 2 fully saturated rings. The monoisotopic (exact) mass is 249 g/mol. The smallest absolute Gasteiger partial charge is 0.0637 e. The molecular formula is C15H20ClN. The molecule has 2 aliphatic carbocycles. The van der Waals surface area contributed by atoms with Gasteiger partial charge in [-0.15, -0.1) is 0 Å². The maximum atomic E-state index is 6.20. The highest BCUT2D eigenvalue weighted by molar-refractivity contribution is 6.33. The van der Waals surface area contributed by atoms with Gasteiger partial charge in [0.15, 0.2) is 0 Å². The van der Waals surface area contributed by atoms with Crippen molar-refractivity contribution in [1.29, 1.82) is 0 Å². The third kappa shape index (κ3) is 2.30. The molecule has 0 amide bonds. The average molecular weight is 250 g/mol. The van der Waals surface area contributed by atoms with Crippen LogP contribution in [-0.2, 0) is 0 Å². The third-order valence-corrected chi connectivity index (χ3v) is 4.89. The van der Waals surface area contributed by atoms with Crippen molar-refractivity contribution in [1.82, 2.24) is 0 Å². The van der Waals surface area contributed by atoms with E-state index < -0.39 is 0 Å². The Labute approximate surface area is 109 Å². The van der Waals surface area contributed by atoms with Gasteiger partial charge in [0, 0.05) is 6.54 Å². The largest absolute Gasteiger partial charge is 0.384 e. The van der Waals surface area contributed by atoms with Gasteiger partial charge < -0.3 is 5.32 Å². The topological polar surface area (TPSA) is 12.0 Å². The summed E-state index contributed by atoms with van der Waals surface area (Å²) in [6, 6.07) is 6.20. The Bertz CT molecular complexity index is 415. The molecule has 1 aromatic carbocycles. The number of benzene rings is 1. The van der Waals surface area contributed by atoms with Gasteiger partial charge in [-0.05, 0) is 61.6 Å². The molecule has 0 heterocycles. The molecule has 3 atom stereocenters. The zero-order valence-corrected chi connectivity index (χ0v) is 11.1. The van der Waals surface area contributed by atoms with Crippen LogP contribution in [0.4, 0.5) is 5.69 Å². The first-order chi connectivity index (χ1) is 8.22. The Balaban J connectivity index is 1.62. The highest BCUT2D eigenvalue weighted by atomic mass is 35.5. The van der Waals surface area contributed by atoms with E-state index in [2.05, 4.69) is 24.4 Å².